The Labute approximate surface area is 200 Å². The van der Waals surface area contributed by atoms with E-state index in [1.54, 1.807) is 11.5 Å². The number of primary amides is 1. The zero-order chi connectivity index (χ0) is 24.6. The lowest BCUT2D eigenvalue weighted by Crippen LogP contribution is -2.45. The summed E-state index contributed by atoms with van der Waals surface area (Å²) in [4.78, 5) is 44.4. The molecule has 0 aliphatic carbocycles. The average Bonchev–Trinajstić information content (AvgIpc) is 3.43. The van der Waals surface area contributed by atoms with E-state index in [0.29, 0.717) is 39.5 Å². The predicted octanol–water partition coefficient (Wildman–Crippen LogP) is 3.74. The number of carbonyl (C=O) groups excluding carboxylic acids is 1. The molecule has 0 aliphatic rings. The summed E-state index contributed by atoms with van der Waals surface area (Å²) in [5.41, 5.74) is 8.69. The normalized spacial score (nSPS) is 12.4. The van der Waals surface area contributed by atoms with Crippen LogP contribution < -0.4 is 17.0 Å². The highest BCUT2D eigenvalue weighted by molar-refractivity contribution is 7.22. The minimum atomic E-state index is -1.07. The van der Waals surface area contributed by atoms with Crippen LogP contribution in [-0.4, -0.2) is 20.0 Å². The van der Waals surface area contributed by atoms with E-state index in [1.165, 1.54) is 41.8 Å². The number of fused-ring (bicyclic) bond motifs is 1. The Morgan fingerprint density at radius 2 is 2.00 bits per heavy atom. The molecular weight excluding hydrogens is 452 g/mol. The Morgan fingerprint density at radius 1 is 1.24 bits per heavy atom. The molecule has 0 saturated heterocycles. The number of thiophene rings is 1. The maximum atomic E-state index is 13.6. The van der Waals surface area contributed by atoms with E-state index in [2.05, 4.69) is 31.0 Å². The van der Waals surface area contributed by atoms with Gasteiger partial charge in [0, 0.05) is 6.54 Å². The van der Waals surface area contributed by atoms with Gasteiger partial charge in [-0.3, -0.25) is 14.2 Å². The number of rotatable bonds is 8. The molecule has 1 unspecified atom stereocenters. The van der Waals surface area contributed by atoms with Crippen molar-refractivity contribution in [2.75, 3.05) is 0 Å². The fourth-order valence-corrected chi connectivity index (χ4v) is 5.68. The molecule has 1 atom stereocenters. The van der Waals surface area contributed by atoms with Gasteiger partial charge in [0.15, 0.2) is 0 Å². The number of hydrogen-bond acceptors (Lipinski definition) is 6. The lowest BCUT2D eigenvalue weighted by molar-refractivity contribution is -0.120. The number of carbonyl (C=O) groups is 1. The molecule has 0 fully saturated rings. The van der Waals surface area contributed by atoms with Crippen LogP contribution in [0.5, 0.6) is 0 Å². The summed E-state index contributed by atoms with van der Waals surface area (Å²) in [5.74, 6) is -0.356. The van der Waals surface area contributed by atoms with Gasteiger partial charge in [0.2, 0.25) is 11.8 Å². The van der Waals surface area contributed by atoms with Crippen LogP contribution in [0.1, 0.15) is 48.6 Å². The first-order chi connectivity index (χ1) is 16.3. The smallest absolute Gasteiger partial charge is 0.332 e. The third-order valence-electron chi connectivity index (χ3n) is 6.28. The monoisotopic (exact) mass is 480 g/mol. The summed E-state index contributed by atoms with van der Waals surface area (Å²) in [6.07, 6.45) is 5.59. The molecule has 0 saturated carbocycles. The predicted molar refractivity (Wildman–Crippen MR) is 133 cm³/mol. The second-order valence-electron chi connectivity index (χ2n) is 8.47. The van der Waals surface area contributed by atoms with Crippen LogP contribution in [0.25, 0.3) is 21.0 Å². The highest BCUT2D eigenvalue weighted by atomic mass is 32.1. The highest BCUT2D eigenvalue weighted by Crippen LogP contribution is 2.35. The van der Waals surface area contributed by atoms with E-state index in [-0.39, 0.29) is 0 Å². The maximum absolute atomic E-state index is 13.6. The minimum absolute atomic E-state index is 0.355. The summed E-state index contributed by atoms with van der Waals surface area (Å²) in [6, 6.07) is 5.16. The van der Waals surface area contributed by atoms with Crippen LogP contribution >= 0.6 is 11.3 Å². The molecule has 34 heavy (non-hydrogen) atoms. The third kappa shape index (κ3) is 4.00. The van der Waals surface area contributed by atoms with E-state index in [0.717, 1.165) is 23.0 Å². The largest absolute Gasteiger partial charge is 0.444 e. The molecule has 0 radical (unpaired) electrons. The SMILES string of the molecule is CCCc1cccc(C)c1CCn1c(=O)n(C(C)C(N)=O)c(=O)c2c(C)c(-c3ncco3)sc21. The highest BCUT2D eigenvalue weighted by Gasteiger charge is 2.26. The van der Waals surface area contributed by atoms with Crippen molar-refractivity contribution >= 4 is 27.5 Å². The Morgan fingerprint density at radius 3 is 2.65 bits per heavy atom. The topological polar surface area (TPSA) is 113 Å². The lowest BCUT2D eigenvalue weighted by atomic mass is 9.96. The van der Waals surface area contributed by atoms with Gasteiger partial charge in [-0.1, -0.05) is 31.5 Å². The molecule has 0 aliphatic heterocycles. The first-order valence-electron chi connectivity index (χ1n) is 11.3. The summed E-state index contributed by atoms with van der Waals surface area (Å²) in [5, 5.41) is 0.379. The van der Waals surface area contributed by atoms with Gasteiger partial charge in [-0.25, -0.2) is 14.3 Å². The molecule has 1 aromatic carbocycles. The fourth-order valence-electron chi connectivity index (χ4n) is 4.42. The van der Waals surface area contributed by atoms with E-state index in [4.69, 9.17) is 10.2 Å². The van der Waals surface area contributed by atoms with Crippen LogP contribution in [0.4, 0.5) is 0 Å². The number of amides is 1. The van der Waals surface area contributed by atoms with Crippen molar-refractivity contribution in [3.8, 4) is 10.8 Å². The molecule has 0 spiro atoms. The quantitative estimate of drug-likeness (QED) is 0.413. The standard InChI is InChI=1S/C25H28N4O4S/c1-5-7-17-9-6-8-14(2)18(17)10-12-28-24-19(15(3)20(34-24)22-27-11-13-33-22)23(31)29(25(28)32)16(4)21(26)30/h6,8-9,11,13,16H,5,7,10,12H2,1-4H3,(H2,26,30). The van der Waals surface area contributed by atoms with Crippen LogP contribution in [0, 0.1) is 13.8 Å². The number of hydrogen-bond donors (Lipinski definition) is 1. The second-order valence-corrected chi connectivity index (χ2v) is 9.47. The Balaban J connectivity index is 1.94. The van der Waals surface area contributed by atoms with Gasteiger partial charge in [0.1, 0.15) is 17.1 Å². The van der Waals surface area contributed by atoms with Gasteiger partial charge < -0.3 is 10.2 Å². The van der Waals surface area contributed by atoms with Gasteiger partial charge >= 0.3 is 5.69 Å². The van der Waals surface area contributed by atoms with Gasteiger partial charge in [-0.2, -0.15) is 0 Å². The summed E-state index contributed by atoms with van der Waals surface area (Å²) < 4.78 is 8.03. The van der Waals surface area contributed by atoms with Crippen LogP contribution in [0.15, 0.2) is 44.7 Å². The minimum Gasteiger partial charge on any atom is -0.444 e. The van der Waals surface area contributed by atoms with E-state index >= 15 is 0 Å². The van der Waals surface area contributed by atoms with Crippen molar-refractivity contribution in [2.24, 2.45) is 5.73 Å². The summed E-state index contributed by atoms with van der Waals surface area (Å²) in [6.45, 7) is 7.83. The van der Waals surface area contributed by atoms with E-state index in [9.17, 15) is 14.4 Å². The zero-order valence-corrected chi connectivity index (χ0v) is 20.6. The third-order valence-corrected chi connectivity index (χ3v) is 7.58. The Kier molecular flexibility index (Phi) is 6.56. The second kappa shape index (κ2) is 9.42. The molecule has 8 nitrogen and oxygen atoms in total. The molecule has 1 amide bonds. The fraction of sp³-hybridized carbons (Fsp3) is 0.360. The van der Waals surface area contributed by atoms with Crippen molar-refractivity contribution < 1.29 is 9.21 Å². The molecular formula is C25H28N4O4S. The van der Waals surface area contributed by atoms with Crippen LogP contribution in [-0.2, 0) is 24.2 Å². The first kappa shape index (κ1) is 23.7. The lowest BCUT2D eigenvalue weighted by Gasteiger charge is -2.17. The molecule has 0 bridgehead atoms. The Bertz CT molecular complexity index is 1480. The zero-order valence-electron chi connectivity index (χ0n) is 19.8. The van der Waals surface area contributed by atoms with Crippen molar-refractivity contribution in [1.29, 1.82) is 0 Å². The molecule has 4 rings (SSSR count). The Hall–Kier alpha value is -3.46. The molecule has 4 aromatic rings. The van der Waals surface area contributed by atoms with Gasteiger partial charge in [-0.05, 0) is 55.9 Å². The van der Waals surface area contributed by atoms with Crippen molar-refractivity contribution in [2.45, 2.75) is 59.5 Å². The van der Waals surface area contributed by atoms with Crippen molar-refractivity contribution in [1.82, 2.24) is 14.1 Å². The molecule has 3 heterocycles. The number of benzene rings is 1. The molecule has 9 heteroatoms. The molecule has 3 aromatic heterocycles. The van der Waals surface area contributed by atoms with Gasteiger partial charge in [0.25, 0.3) is 5.56 Å². The first-order valence-corrected chi connectivity index (χ1v) is 12.1. The summed E-state index contributed by atoms with van der Waals surface area (Å²) >= 11 is 1.30. The maximum Gasteiger partial charge on any atom is 0.332 e. The van der Waals surface area contributed by atoms with Crippen LogP contribution in [0.3, 0.4) is 0 Å². The number of nitrogens with two attached hydrogens (primary N) is 1. The molecule has 2 N–H and O–H groups in total. The molecule has 178 valence electrons. The summed E-state index contributed by atoms with van der Waals surface area (Å²) in [7, 11) is 0. The van der Waals surface area contributed by atoms with E-state index in [1.807, 2.05) is 6.07 Å². The van der Waals surface area contributed by atoms with Crippen molar-refractivity contribution in [3.63, 3.8) is 0 Å². The van der Waals surface area contributed by atoms with Gasteiger partial charge in [-0.15, -0.1) is 11.3 Å². The van der Waals surface area contributed by atoms with Crippen LogP contribution in [0.2, 0.25) is 0 Å². The number of aryl methyl sites for hydroxylation is 4. The van der Waals surface area contributed by atoms with Crippen molar-refractivity contribution in [3.05, 3.63) is 73.8 Å². The number of oxazole rings is 1. The average molecular weight is 481 g/mol. The number of aromatic nitrogens is 3. The van der Waals surface area contributed by atoms with E-state index < -0.39 is 23.2 Å². The number of nitrogens with zero attached hydrogens (tertiary/aromatic N) is 3. The van der Waals surface area contributed by atoms with Gasteiger partial charge in [0.05, 0.1) is 16.5 Å².